The van der Waals surface area contributed by atoms with Gasteiger partial charge in [-0.15, -0.1) is 19.0 Å². The molecule has 1 nitrogen and oxygen atoms in total. The molecule has 0 heterocycles. The molecule has 0 fully saturated rings. The first kappa shape index (κ1) is 15.0. The molecule has 0 radical (unpaired) electrons. The summed E-state index contributed by atoms with van der Waals surface area (Å²) < 4.78 is 0.996. The molecule has 1 aromatic rings. The molecule has 0 amide bonds. The molecule has 0 saturated carbocycles. The monoisotopic (exact) mass is 309 g/mol. The molecule has 0 spiro atoms. The molecule has 84 valence electrons. The molecule has 0 aliphatic heterocycles. The quantitative estimate of drug-likeness (QED) is 0.818. The number of nitrogens with two attached hydrogens (primary N) is 1. The van der Waals surface area contributed by atoms with Crippen LogP contribution in [0.4, 0.5) is 0 Å². The molecule has 4 heteroatoms. The predicted molar refractivity (Wildman–Crippen MR) is 72.8 cm³/mol. The van der Waals surface area contributed by atoms with E-state index in [1.165, 1.54) is 0 Å². The van der Waals surface area contributed by atoms with Crippen molar-refractivity contribution in [2.75, 3.05) is 0 Å². The van der Waals surface area contributed by atoms with Crippen molar-refractivity contribution in [3.63, 3.8) is 0 Å². The van der Waals surface area contributed by atoms with Crippen LogP contribution in [0.2, 0.25) is 5.02 Å². The van der Waals surface area contributed by atoms with Crippen LogP contribution in [0.1, 0.15) is 24.9 Å². The van der Waals surface area contributed by atoms with Gasteiger partial charge in [-0.3, -0.25) is 0 Å². The molecular formula is C11H14BrCl2N. The summed E-state index contributed by atoms with van der Waals surface area (Å²) in [6.07, 6.45) is 0.777. The minimum Gasteiger partial charge on any atom is -0.324 e. The Hall–Kier alpha value is -0.0200. The summed E-state index contributed by atoms with van der Waals surface area (Å²) in [5.74, 6) is 0. The fourth-order valence-electron chi connectivity index (χ4n) is 1.28. The highest BCUT2D eigenvalue weighted by Crippen LogP contribution is 2.28. The molecule has 1 rings (SSSR count). The van der Waals surface area contributed by atoms with Crippen molar-refractivity contribution >= 4 is 39.9 Å². The zero-order valence-corrected chi connectivity index (χ0v) is 11.6. The Bertz CT molecular complexity index is 352. The second-order valence-electron chi connectivity index (χ2n) is 3.43. The molecule has 0 aliphatic rings. The van der Waals surface area contributed by atoms with Gasteiger partial charge in [0.15, 0.2) is 0 Å². The van der Waals surface area contributed by atoms with Crippen LogP contribution in [0.3, 0.4) is 0 Å². The molecule has 0 aliphatic carbocycles. The molecule has 15 heavy (non-hydrogen) atoms. The summed E-state index contributed by atoms with van der Waals surface area (Å²) in [6.45, 7) is 5.81. The van der Waals surface area contributed by atoms with Crippen LogP contribution in [-0.4, -0.2) is 0 Å². The van der Waals surface area contributed by atoms with Crippen LogP contribution < -0.4 is 5.73 Å². The highest BCUT2D eigenvalue weighted by molar-refractivity contribution is 9.10. The summed E-state index contributed by atoms with van der Waals surface area (Å²) in [5.41, 5.74) is 8.12. The van der Waals surface area contributed by atoms with Crippen LogP contribution in [0, 0.1) is 0 Å². The van der Waals surface area contributed by atoms with Crippen LogP contribution >= 0.6 is 39.9 Å². The maximum absolute atomic E-state index is 6.02. The Kier molecular flexibility index (Phi) is 6.53. The average molecular weight is 311 g/mol. The minimum atomic E-state index is -0.0411. The highest BCUT2D eigenvalue weighted by Gasteiger charge is 2.10. The van der Waals surface area contributed by atoms with Crippen molar-refractivity contribution in [1.82, 2.24) is 0 Å². The molecular weight excluding hydrogens is 297 g/mol. The molecule has 0 bridgehead atoms. The average Bonchev–Trinajstić information content (AvgIpc) is 2.08. The van der Waals surface area contributed by atoms with Crippen LogP contribution in [0.5, 0.6) is 0 Å². The molecule has 2 N–H and O–H groups in total. The Labute approximate surface area is 110 Å². The van der Waals surface area contributed by atoms with Gasteiger partial charge in [0.25, 0.3) is 0 Å². The Balaban J connectivity index is 0.00000196. The van der Waals surface area contributed by atoms with E-state index in [2.05, 4.69) is 22.5 Å². The third-order valence-electron chi connectivity index (χ3n) is 1.93. The zero-order valence-electron chi connectivity index (χ0n) is 8.47. The maximum Gasteiger partial charge on any atom is 0.0410 e. The summed E-state index contributed by atoms with van der Waals surface area (Å²) in [5, 5.41) is 0.709. The normalized spacial score (nSPS) is 11.7. The second-order valence-corrected chi connectivity index (χ2v) is 4.72. The van der Waals surface area contributed by atoms with Gasteiger partial charge in [0.1, 0.15) is 0 Å². The number of hydrogen-bond acceptors (Lipinski definition) is 1. The zero-order chi connectivity index (χ0) is 10.7. The van der Waals surface area contributed by atoms with E-state index >= 15 is 0 Å². The molecule has 1 aromatic carbocycles. The second kappa shape index (κ2) is 6.54. The van der Waals surface area contributed by atoms with Crippen molar-refractivity contribution in [3.8, 4) is 0 Å². The van der Waals surface area contributed by atoms with Crippen LogP contribution in [0.25, 0.3) is 0 Å². The molecule has 1 atom stereocenters. The van der Waals surface area contributed by atoms with E-state index in [-0.39, 0.29) is 18.4 Å². The summed E-state index contributed by atoms with van der Waals surface area (Å²) in [4.78, 5) is 0. The first-order chi connectivity index (χ1) is 6.50. The predicted octanol–water partition coefficient (Wildman–Crippen LogP) is 4.49. The fraction of sp³-hybridized carbons (Fsp3) is 0.273. The van der Waals surface area contributed by atoms with E-state index in [0.717, 1.165) is 22.0 Å². The smallest absolute Gasteiger partial charge is 0.0410 e. The third kappa shape index (κ3) is 4.56. The van der Waals surface area contributed by atoms with Gasteiger partial charge in [0.05, 0.1) is 0 Å². The van der Waals surface area contributed by atoms with Gasteiger partial charge in [0, 0.05) is 15.5 Å². The van der Waals surface area contributed by atoms with E-state index < -0.39 is 0 Å². The largest absolute Gasteiger partial charge is 0.324 e. The van der Waals surface area contributed by atoms with Crippen LogP contribution in [-0.2, 0) is 0 Å². The first-order valence-electron chi connectivity index (χ1n) is 4.35. The Morgan fingerprint density at radius 2 is 2.20 bits per heavy atom. The van der Waals surface area contributed by atoms with Crippen LogP contribution in [0.15, 0.2) is 34.8 Å². The van der Waals surface area contributed by atoms with Gasteiger partial charge in [-0.25, -0.2) is 0 Å². The van der Waals surface area contributed by atoms with E-state index in [0.29, 0.717) is 5.02 Å². The Morgan fingerprint density at radius 1 is 1.60 bits per heavy atom. The van der Waals surface area contributed by atoms with Gasteiger partial charge in [-0.1, -0.05) is 33.1 Å². The molecule has 0 saturated heterocycles. The summed E-state index contributed by atoms with van der Waals surface area (Å²) in [7, 11) is 0. The Morgan fingerprint density at radius 3 is 2.73 bits per heavy atom. The van der Waals surface area contributed by atoms with Gasteiger partial charge < -0.3 is 5.73 Å². The molecule has 0 unspecified atom stereocenters. The number of benzene rings is 1. The van der Waals surface area contributed by atoms with E-state index in [4.69, 9.17) is 17.3 Å². The lowest BCUT2D eigenvalue weighted by atomic mass is 10.0. The lowest BCUT2D eigenvalue weighted by Crippen LogP contribution is -2.11. The van der Waals surface area contributed by atoms with Crippen molar-refractivity contribution < 1.29 is 0 Å². The van der Waals surface area contributed by atoms with Crippen molar-refractivity contribution in [2.24, 2.45) is 5.73 Å². The topological polar surface area (TPSA) is 26.0 Å². The number of halogens is 3. The summed E-state index contributed by atoms with van der Waals surface area (Å²) in [6, 6.07) is 5.60. The lowest BCUT2D eigenvalue weighted by molar-refractivity contribution is 0.714. The van der Waals surface area contributed by atoms with Gasteiger partial charge in [0.2, 0.25) is 0 Å². The van der Waals surface area contributed by atoms with E-state index in [1.54, 1.807) is 0 Å². The molecule has 0 aromatic heterocycles. The highest BCUT2D eigenvalue weighted by atomic mass is 79.9. The van der Waals surface area contributed by atoms with Gasteiger partial charge in [-0.2, -0.15) is 0 Å². The van der Waals surface area contributed by atoms with E-state index in [9.17, 15) is 0 Å². The van der Waals surface area contributed by atoms with E-state index in [1.807, 2.05) is 25.1 Å². The number of hydrogen-bond donors (Lipinski definition) is 1. The number of rotatable bonds is 3. The third-order valence-corrected chi connectivity index (χ3v) is 2.88. The minimum absolute atomic E-state index is 0. The van der Waals surface area contributed by atoms with Crippen molar-refractivity contribution in [3.05, 3.63) is 45.4 Å². The fourth-order valence-corrected chi connectivity index (χ4v) is 2.01. The first-order valence-corrected chi connectivity index (χ1v) is 5.52. The summed E-state index contributed by atoms with van der Waals surface area (Å²) >= 11 is 9.35. The van der Waals surface area contributed by atoms with Crippen molar-refractivity contribution in [1.29, 1.82) is 0 Å². The SMILES string of the molecule is C=C(C)C[C@@H](N)c1cc(Cl)ccc1Br.Cl. The lowest BCUT2D eigenvalue weighted by Gasteiger charge is -2.14. The maximum atomic E-state index is 6.02. The standard InChI is InChI=1S/C11H13BrClN.ClH/c1-7(2)5-11(14)9-6-8(13)3-4-10(9)12;/h3-4,6,11H,1,5,14H2,2H3;1H/t11-;/m1./s1. The van der Waals surface area contributed by atoms with Crippen molar-refractivity contribution in [2.45, 2.75) is 19.4 Å². The van der Waals surface area contributed by atoms with Gasteiger partial charge in [-0.05, 0) is 37.1 Å². The van der Waals surface area contributed by atoms with Gasteiger partial charge >= 0.3 is 0 Å².